The van der Waals surface area contributed by atoms with Crippen LogP contribution in [0.3, 0.4) is 0 Å². The summed E-state index contributed by atoms with van der Waals surface area (Å²) in [5.41, 5.74) is -0.442. The number of allylic oxidation sites excluding steroid dienone is 3. The third-order valence-corrected chi connectivity index (χ3v) is 10.7. The standard InChI is InChI=1S/C40H50N2O8/c1-5-48-38(46)40-22-29(40)14-10-8-6-7-9-12-28-20-35(44)49-25-39(2,3)16-11-13-27-18-31-26(19-34(27)47-4)15-17-41-36(31)50-30-21-32(33(43)23-40)42(24-30)37(28)45/h10-11,13-15,17-19,28-30,32H,5-9,12,16,20-25H2,1-4H3/b13-11+,14-10-/t28-,29-,30-,32+,40-/m1/s1. The lowest BCUT2D eigenvalue weighted by Crippen LogP contribution is -2.45. The molecule has 0 radical (unpaired) electrons. The second-order valence-electron chi connectivity index (χ2n) is 15.1. The number of carbonyl (C=O) groups is 4. The fourth-order valence-corrected chi connectivity index (χ4v) is 7.72. The highest BCUT2D eigenvalue weighted by Gasteiger charge is 2.61. The van der Waals surface area contributed by atoms with Crippen LogP contribution < -0.4 is 9.47 Å². The predicted octanol–water partition coefficient (Wildman–Crippen LogP) is 6.63. The summed E-state index contributed by atoms with van der Waals surface area (Å²) < 4.78 is 23.6. The molecular weight excluding hydrogens is 636 g/mol. The fraction of sp³-hybridized carbons (Fsp3) is 0.575. The number of carbonyl (C=O) groups excluding carboxylic acids is 4. The van der Waals surface area contributed by atoms with Crippen molar-refractivity contribution in [1.29, 1.82) is 0 Å². The maximum absolute atomic E-state index is 14.5. The second-order valence-corrected chi connectivity index (χ2v) is 15.1. The van der Waals surface area contributed by atoms with E-state index < -0.39 is 29.4 Å². The van der Waals surface area contributed by atoms with Crippen molar-refractivity contribution in [3.05, 3.63) is 48.2 Å². The summed E-state index contributed by atoms with van der Waals surface area (Å²) in [6.45, 7) is 6.42. The van der Waals surface area contributed by atoms with Crippen LogP contribution in [-0.4, -0.2) is 72.5 Å². The number of cyclic esters (lactones) is 1. The Labute approximate surface area is 294 Å². The molecule has 1 saturated carbocycles. The molecule has 1 saturated heterocycles. The lowest BCUT2D eigenvalue weighted by atomic mass is 9.89. The van der Waals surface area contributed by atoms with E-state index in [9.17, 15) is 19.2 Å². The van der Waals surface area contributed by atoms with Crippen molar-refractivity contribution >= 4 is 40.5 Å². The number of rotatable bonds is 3. The van der Waals surface area contributed by atoms with Gasteiger partial charge < -0.3 is 23.8 Å². The van der Waals surface area contributed by atoms with Crippen LogP contribution in [0.25, 0.3) is 16.8 Å². The first kappa shape index (κ1) is 35.6. The molecule has 10 heteroatoms. The highest BCUT2D eigenvalue weighted by molar-refractivity contribution is 5.96. The van der Waals surface area contributed by atoms with Gasteiger partial charge in [0, 0.05) is 41.3 Å². The topological polar surface area (TPSA) is 121 Å². The zero-order valence-electron chi connectivity index (χ0n) is 29.8. The van der Waals surface area contributed by atoms with Gasteiger partial charge in [-0.1, -0.05) is 51.0 Å². The summed E-state index contributed by atoms with van der Waals surface area (Å²) in [6, 6.07) is 5.00. The Morgan fingerprint density at radius 2 is 1.96 bits per heavy atom. The maximum atomic E-state index is 14.5. The highest BCUT2D eigenvalue weighted by Crippen LogP contribution is 2.57. The molecule has 6 rings (SSSR count). The van der Waals surface area contributed by atoms with Crippen molar-refractivity contribution in [2.24, 2.45) is 22.7 Å². The normalized spacial score (nSPS) is 30.2. The maximum Gasteiger partial charge on any atom is 0.313 e. The first-order valence-electron chi connectivity index (χ1n) is 18.2. The Balaban J connectivity index is 1.39. The number of methoxy groups -OCH3 is 1. The van der Waals surface area contributed by atoms with Crippen molar-refractivity contribution in [3.63, 3.8) is 0 Å². The van der Waals surface area contributed by atoms with E-state index in [1.54, 1.807) is 25.1 Å². The van der Waals surface area contributed by atoms with E-state index in [4.69, 9.17) is 18.9 Å². The van der Waals surface area contributed by atoms with Gasteiger partial charge in [0.05, 0.1) is 44.7 Å². The van der Waals surface area contributed by atoms with E-state index >= 15 is 0 Å². The molecule has 10 nitrogen and oxygen atoms in total. The Hall–Kier alpha value is -4.21. The molecule has 1 amide bonds. The van der Waals surface area contributed by atoms with Crippen LogP contribution in [-0.2, 0) is 28.7 Å². The van der Waals surface area contributed by atoms with Crippen LogP contribution in [0.15, 0.2) is 42.6 Å². The quantitative estimate of drug-likeness (QED) is 0.259. The van der Waals surface area contributed by atoms with Crippen molar-refractivity contribution < 1.29 is 38.1 Å². The van der Waals surface area contributed by atoms with Crippen LogP contribution in [0, 0.1) is 22.7 Å². The first-order chi connectivity index (χ1) is 24.0. The number of benzene rings is 1. The van der Waals surface area contributed by atoms with E-state index in [0.717, 1.165) is 42.0 Å². The number of esters is 2. The number of ether oxygens (including phenoxy) is 4. The summed E-state index contributed by atoms with van der Waals surface area (Å²) in [6.07, 6.45) is 14.6. The molecule has 1 aromatic heterocycles. The van der Waals surface area contributed by atoms with Crippen LogP contribution in [0.4, 0.5) is 0 Å². The molecule has 1 aliphatic carbocycles. The van der Waals surface area contributed by atoms with E-state index in [0.29, 0.717) is 30.9 Å². The molecule has 4 heterocycles. The van der Waals surface area contributed by atoms with Crippen LogP contribution in [0.1, 0.15) is 90.5 Å². The smallest absolute Gasteiger partial charge is 0.313 e. The van der Waals surface area contributed by atoms with E-state index in [-0.39, 0.29) is 68.0 Å². The molecule has 0 unspecified atom stereocenters. The second kappa shape index (κ2) is 15.0. The van der Waals surface area contributed by atoms with Crippen LogP contribution in [0.2, 0.25) is 0 Å². The number of ketones is 1. The number of Topliss-reactive ketones (excluding diaryl/α,β-unsaturated/α-hetero) is 1. The Bertz CT molecular complexity index is 1680. The minimum absolute atomic E-state index is 0.0220. The lowest BCUT2D eigenvalue weighted by Gasteiger charge is -2.29. The zero-order chi connectivity index (χ0) is 35.5. The van der Waals surface area contributed by atoms with Crippen LogP contribution >= 0.6 is 0 Å². The van der Waals surface area contributed by atoms with Crippen LogP contribution in [0.5, 0.6) is 11.6 Å². The molecular formula is C40H50N2O8. The minimum atomic E-state index is -0.931. The monoisotopic (exact) mass is 686 g/mol. The highest BCUT2D eigenvalue weighted by atomic mass is 16.5. The summed E-state index contributed by atoms with van der Waals surface area (Å²) in [5, 5.41) is 1.67. The molecule has 268 valence electrons. The fourth-order valence-electron chi connectivity index (χ4n) is 7.72. The average Bonchev–Trinajstić information content (AvgIpc) is 3.62. The number of hydrogen-bond donors (Lipinski definition) is 0. The molecule has 50 heavy (non-hydrogen) atoms. The van der Waals surface area contributed by atoms with Gasteiger partial charge in [0.25, 0.3) is 0 Å². The third kappa shape index (κ3) is 7.74. The number of hydrogen-bond acceptors (Lipinski definition) is 9. The Morgan fingerprint density at radius 1 is 1.12 bits per heavy atom. The van der Waals surface area contributed by atoms with E-state index in [1.165, 1.54) is 0 Å². The number of fused-ring (bicyclic) bond motifs is 4. The molecule has 0 spiro atoms. The van der Waals surface area contributed by atoms with Gasteiger partial charge in [-0.25, -0.2) is 4.98 Å². The summed E-state index contributed by atoms with van der Waals surface area (Å²) >= 11 is 0. The van der Waals surface area contributed by atoms with Gasteiger partial charge in [-0.2, -0.15) is 0 Å². The van der Waals surface area contributed by atoms with Crippen molar-refractivity contribution in [2.75, 3.05) is 26.9 Å². The molecule has 0 N–H and O–H groups in total. The van der Waals surface area contributed by atoms with Gasteiger partial charge in [0.1, 0.15) is 11.9 Å². The molecule has 3 aliphatic heterocycles. The van der Waals surface area contributed by atoms with Crippen molar-refractivity contribution in [2.45, 2.75) is 97.1 Å². The number of nitrogens with zero attached hydrogens (tertiary/aromatic N) is 2. The number of aromatic nitrogens is 1. The van der Waals surface area contributed by atoms with E-state index in [1.807, 2.05) is 44.2 Å². The first-order valence-corrected chi connectivity index (χ1v) is 18.2. The predicted molar refractivity (Wildman–Crippen MR) is 188 cm³/mol. The van der Waals surface area contributed by atoms with Gasteiger partial charge >= 0.3 is 11.9 Å². The number of amides is 1. The molecule has 5 atom stereocenters. The van der Waals surface area contributed by atoms with Gasteiger partial charge in [-0.05, 0) is 68.5 Å². The van der Waals surface area contributed by atoms with Crippen molar-refractivity contribution in [3.8, 4) is 11.6 Å². The van der Waals surface area contributed by atoms with Gasteiger partial charge in [-0.3, -0.25) is 19.2 Å². The summed E-state index contributed by atoms with van der Waals surface area (Å²) in [7, 11) is 1.63. The summed E-state index contributed by atoms with van der Waals surface area (Å²) in [5.74, 6) is -0.855. The van der Waals surface area contributed by atoms with Gasteiger partial charge in [0.2, 0.25) is 11.8 Å². The number of pyridine rings is 1. The van der Waals surface area contributed by atoms with Gasteiger partial charge in [-0.15, -0.1) is 0 Å². The average molecular weight is 687 g/mol. The lowest BCUT2D eigenvalue weighted by molar-refractivity contribution is -0.154. The molecule has 5 bridgehead atoms. The minimum Gasteiger partial charge on any atom is -0.496 e. The van der Waals surface area contributed by atoms with Gasteiger partial charge in [0.15, 0.2) is 5.78 Å². The Morgan fingerprint density at radius 3 is 2.76 bits per heavy atom. The van der Waals surface area contributed by atoms with E-state index in [2.05, 4.69) is 17.1 Å². The van der Waals surface area contributed by atoms with Crippen molar-refractivity contribution in [1.82, 2.24) is 9.88 Å². The molecule has 1 aromatic carbocycles. The Kier molecular flexibility index (Phi) is 10.6. The largest absolute Gasteiger partial charge is 0.496 e. The molecule has 2 aromatic rings. The third-order valence-electron chi connectivity index (χ3n) is 10.7. The SMILES string of the molecule is CCOC(=O)[C@]12CC(=O)[C@@H]3C[C@@H]4CN3C(=O)[C@H](CCCCC/C=C\[C@@H]1C2)CC(=O)OCC(C)(C)C/C=C/c1cc2c(nccc2cc1OC)O4. The zero-order valence-corrected chi connectivity index (χ0v) is 29.8. The molecule has 2 fully saturated rings. The molecule has 4 aliphatic rings. The summed E-state index contributed by atoms with van der Waals surface area (Å²) in [4.78, 5) is 61.7.